The minimum absolute atomic E-state index is 0.00768. The van der Waals surface area contributed by atoms with Gasteiger partial charge in [0.1, 0.15) is 30.5 Å². The van der Waals surface area contributed by atoms with Crippen LogP contribution in [0.5, 0.6) is 0 Å². The van der Waals surface area contributed by atoms with Crippen molar-refractivity contribution in [1.82, 2.24) is 4.90 Å². The summed E-state index contributed by atoms with van der Waals surface area (Å²) < 4.78 is 63.0. The number of fused-ring (bicyclic) bond motifs is 2. The van der Waals surface area contributed by atoms with Crippen molar-refractivity contribution >= 4 is 37.8 Å². The van der Waals surface area contributed by atoms with Crippen molar-refractivity contribution in [2.75, 3.05) is 19.8 Å². The maximum atomic E-state index is 14.4. The third kappa shape index (κ3) is 10.5. The number of imide groups is 1. The van der Waals surface area contributed by atoms with E-state index in [-0.39, 0.29) is 37.6 Å². The Hall–Kier alpha value is -4.85. The van der Waals surface area contributed by atoms with E-state index in [1.807, 2.05) is 60.7 Å². The minimum atomic E-state index is -1.68. The number of carbonyl (C=O) groups excluding carboxylic acids is 5. The van der Waals surface area contributed by atoms with E-state index in [9.17, 15) is 24.0 Å². The number of amides is 2. The van der Waals surface area contributed by atoms with Gasteiger partial charge in [0, 0.05) is 41.0 Å². The fourth-order valence-electron chi connectivity index (χ4n) is 7.98. The smallest absolute Gasteiger partial charge is 0.303 e. The van der Waals surface area contributed by atoms with Gasteiger partial charge in [-0.25, -0.2) is 0 Å². The number of rotatable bonds is 15. The highest BCUT2D eigenvalue weighted by molar-refractivity contribution is 6.76. The summed E-state index contributed by atoms with van der Waals surface area (Å²) >= 11 is 0. The number of benzene rings is 3. The van der Waals surface area contributed by atoms with Gasteiger partial charge in [-0.1, -0.05) is 92.4 Å². The maximum absolute atomic E-state index is 14.4. The molecule has 0 bridgehead atoms. The molecule has 3 aromatic rings. The molecule has 4 aliphatic rings. The van der Waals surface area contributed by atoms with Gasteiger partial charge in [0.2, 0.25) is 0 Å². The van der Waals surface area contributed by atoms with Crippen molar-refractivity contribution in [3.8, 4) is 0 Å². The average molecular weight is 876 g/mol. The second-order valence-electron chi connectivity index (χ2n) is 16.8. The van der Waals surface area contributed by atoms with Gasteiger partial charge < -0.3 is 47.4 Å². The fraction of sp³-hybridized carbons (Fsp3) is 0.489. The highest BCUT2D eigenvalue weighted by atomic mass is 28.3. The van der Waals surface area contributed by atoms with Crippen LogP contribution in [0.1, 0.15) is 58.9 Å². The van der Waals surface area contributed by atoms with E-state index < -0.39 is 105 Å². The molecule has 3 saturated heterocycles. The first-order valence-corrected chi connectivity index (χ1v) is 24.4. The van der Waals surface area contributed by atoms with Crippen LogP contribution in [-0.4, -0.2) is 124 Å². The SMILES string of the molecule is CC(=O)O[C@H]1[C@@H](OC(C)=O)[C@@H](COCc2ccccc2)O[C@@H](O[C@H]2[C@@H]3OC(c4ccccc4)OC[C@H]3O[C@@H](OCC[Si](C)(C)C)[C@@H]2N2C(=O)c3ccccc3C2=O)[C@@H]1OC(C)=O. The highest BCUT2D eigenvalue weighted by Gasteiger charge is 2.60. The molecule has 332 valence electrons. The monoisotopic (exact) mass is 875 g/mol. The van der Waals surface area contributed by atoms with E-state index in [2.05, 4.69) is 19.6 Å². The highest BCUT2D eigenvalue weighted by Crippen LogP contribution is 2.42. The lowest BCUT2D eigenvalue weighted by Gasteiger charge is -2.52. The topological polar surface area (TPSA) is 181 Å². The van der Waals surface area contributed by atoms with E-state index in [0.29, 0.717) is 5.56 Å². The third-order valence-electron chi connectivity index (χ3n) is 10.8. The van der Waals surface area contributed by atoms with E-state index >= 15 is 0 Å². The number of hydrogen-bond acceptors (Lipinski definition) is 15. The molecule has 1 unspecified atom stereocenters. The molecule has 0 radical (unpaired) electrons. The summed E-state index contributed by atoms with van der Waals surface area (Å²) in [6.45, 7) is 10.2. The molecule has 0 aromatic heterocycles. The Balaban J connectivity index is 1.32. The molecule has 2 amide bonds. The molecule has 16 nitrogen and oxygen atoms in total. The summed E-state index contributed by atoms with van der Waals surface area (Å²) in [5.41, 5.74) is 1.87. The summed E-state index contributed by atoms with van der Waals surface area (Å²) in [6, 6.07) is 24.3. The zero-order valence-corrected chi connectivity index (χ0v) is 36.5. The van der Waals surface area contributed by atoms with Crippen LogP contribution in [0.15, 0.2) is 84.9 Å². The Morgan fingerprint density at radius 3 is 1.89 bits per heavy atom. The van der Waals surface area contributed by atoms with E-state index in [4.69, 9.17) is 47.4 Å². The molecule has 0 saturated carbocycles. The van der Waals surface area contributed by atoms with Crippen molar-refractivity contribution in [1.29, 1.82) is 0 Å². The number of nitrogens with zero attached hydrogens (tertiary/aromatic N) is 1. The van der Waals surface area contributed by atoms with Crippen LogP contribution in [0, 0.1) is 0 Å². The number of hydrogen-bond donors (Lipinski definition) is 0. The zero-order chi connectivity index (χ0) is 44.1. The summed E-state index contributed by atoms with van der Waals surface area (Å²) in [4.78, 5) is 68.3. The van der Waals surface area contributed by atoms with Gasteiger partial charge in [0.05, 0.1) is 30.9 Å². The zero-order valence-electron chi connectivity index (χ0n) is 35.5. The van der Waals surface area contributed by atoms with Gasteiger partial charge in [0.15, 0.2) is 37.2 Å². The molecule has 3 fully saturated rings. The van der Waals surface area contributed by atoms with Gasteiger partial charge in [-0.3, -0.25) is 28.9 Å². The second-order valence-corrected chi connectivity index (χ2v) is 22.4. The molecular formula is C45H53NO15Si. The van der Waals surface area contributed by atoms with Crippen LogP contribution in [-0.2, 0) is 68.4 Å². The van der Waals surface area contributed by atoms with Crippen LogP contribution >= 0.6 is 0 Å². The summed E-state index contributed by atoms with van der Waals surface area (Å²) in [5.74, 6) is -3.54. The van der Waals surface area contributed by atoms with E-state index in [1.54, 1.807) is 24.3 Å². The van der Waals surface area contributed by atoms with Crippen molar-refractivity contribution < 1.29 is 71.3 Å². The van der Waals surface area contributed by atoms with Crippen LogP contribution in [0.2, 0.25) is 25.7 Å². The predicted molar refractivity (Wildman–Crippen MR) is 220 cm³/mol. The normalized spacial score (nSPS) is 29.6. The molecule has 0 N–H and O–H groups in total. The van der Waals surface area contributed by atoms with Crippen molar-refractivity contribution in [3.05, 3.63) is 107 Å². The minimum Gasteiger partial charge on any atom is -0.456 e. The first-order chi connectivity index (χ1) is 29.7. The first kappa shape index (κ1) is 45.2. The van der Waals surface area contributed by atoms with Gasteiger partial charge >= 0.3 is 17.9 Å². The fourth-order valence-corrected chi connectivity index (χ4v) is 8.71. The quantitative estimate of drug-likeness (QED) is 0.0864. The molecule has 4 heterocycles. The lowest BCUT2D eigenvalue weighted by molar-refractivity contribution is -0.382. The van der Waals surface area contributed by atoms with Gasteiger partial charge in [-0.15, -0.1) is 0 Å². The lowest BCUT2D eigenvalue weighted by Crippen LogP contribution is -2.70. The molecule has 11 atom stereocenters. The Morgan fingerprint density at radius 2 is 1.27 bits per heavy atom. The van der Waals surface area contributed by atoms with Crippen LogP contribution in [0.4, 0.5) is 0 Å². The molecule has 17 heteroatoms. The standard InChI is InChI=1S/C45H53NO15Si/c1-26(47)55-37-33(24-52-23-29-15-9-7-10-16-29)59-45(40(57-28(3)49)39(37)56-27(2)48)61-38-35(46-41(50)31-19-13-14-20-32(31)42(46)51)44(53-21-22-62(4,5)6)58-34-25-54-43(60-36(34)38)30-17-11-8-12-18-30/h7-20,33-40,43-45H,21-25H2,1-6H3/t33-,34-,35-,36-,37+,38-,39+,40-,43?,44-,45+/m1/s1. The van der Waals surface area contributed by atoms with Gasteiger partial charge in [-0.2, -0.15) is 0 Å². The van der Waals surface area contributed by atoms with Crippen LogP contribution < -0.4 is 0 Å². The summed E-state index contributed by atoms with van der Waals surface area (Å²) in [7, 11) is -1.68. The summed E-state index contributed by atoms with van der Waals surface area (Å²) in [5, 5.41) is 0. The molecule has 3 aromatic carbocycles. The number of carbonyl (C=O) groups is 5. The van der Waals surface area contributed by atoms with Gasteiger partial charge in [-0.05, 0) is 23.7 Å². The van der Waals surface area contributed by atoms with Crippen molar-refractivity contribution in [2.24, 2.45) is 0 Å². The first-order valence-electron chi connectivity index (χ1n) is 20.7. The maximum Gasteiger partial charge on any atom is 0.303 e. The Bertz CT molecular complexity index is 2030. The molecular weight excluding hydrogens is 823 g/mol. The van der Waals surface area contributed by atoms with Crippen LogP contribution in [0.25, 0.3) is 0 Å². The average Bonchev–Trinajstić information content (AvgIpc) is 3.48. The third-order valence-corrected chi connectivity index (χ3v) is 12.5. The molecule has 0 spiro atoms. The second kappa shape index (κ2) is 19.7. The Labute approximate surface area is 360 Å². The molecule has 4 aliphatic heterocycles. The largest absolute Gasteiger partial charge is 0.456 e. The number of ether oxygens (including phenoxy) is 10. The van der Waals surface area contributed by atoms with Crippen molar-refractivity contribution in [3.63, 3.8) is 0 Å². The Morgan fingerprint density at radius 1 is 0.694 bits per heavy atom. The Kier molecular flexibility index (Phi) is 14.3. The lowest BCUT2D eigenvalue weighted by atomic mass is 9.93. The summed E-state index contributed by atoms with van der Waals surface area (Å²) in [6.07, 6.45) is -12.7. The van der Waals surface area contributed by atoms with Gasteiger partial charge in [0.25, 0.3) is 11.8 Å². The molecule has 62 heavy (non-hydrogen) atoms. The van der Waals surface area contributed by atoms with Crippen molar-refractivity contribution in [2.45, 2.75) is 121 Å². The predicted octanol–water partition coefficient (Wildman–Crippen LogP) is 4.97. The number of esters is 3. The molecule has 7 rings (SSSR count). The van der Waals surface area contributed by atoms with E-state index in [1.165, 1.54) is 6.92 Å². The van der Waals surface area contributed by atoms with Crippen LogP contribution in [0.3, 0.4) is 0 Å². The molecule has 0 aliphatic carbocycles. The van der Waals surface area contributed by atoms with E-state index in [0.717, 1.165) is 30.4 Å².